The Balaban J connectivity index is 1.61. The van der Waals surface area contributed by atoms with Gasteiger partial charge in [0.05, 0.1) is 12.5 Å². The van der Waals surface area contributed by atoms with Crippen molar-refractivity contribution in [3.05, 3.63) is 90.3 Å². The van der Waals surface area contributed by atoms with E-state index in [-0.39, 0.29) is 11.9 Å². The van der Waals surface area contributed by atoms with Crippen molar-refractivity contribution in [2.75, 3.05) is 11.4 Å². The van der Waals surface area contributed by atoms with Crippen molar-refractivity contribution >= 4 is 11.6 Å². The van der Waals surface area contributed by atoms with Crippen LogP contribution >= 0.6 is 0 Å². The van der Waals surface area contributed by atoms with E-state index in [9.17, 15) is 4.79 Å². The maximum Gasteiger partial charge on any atom is 0.229 e. The fraction of sp³-hybridized carbons (Fsp3) is 0.190. The van der Waals surface area contributed by atoms with Gasteiger partial charge in [0.25, 0.3) is 0 Å². The molecule has 0 spiro atoms. The van der Waals surface area contributed by atoms with Crippen molar-refractivity contribution in [3.63, 3.8) is 0 Å². The van der Waals surface area contributed by atoms with Crippen LogP contribution in [-0.4, -0.2) is 17.0 Å². The first kappa shape index (κ1) is 14.8. The summed E-state index contributed by atoms with van der Waals surface area (Å²) in [6.07, 6.45) is 5.47. The molecule has 3 aromatic rings. The van der Waals surface area contributed by atoms with Crippen molar-refractivity contribution in [2.45, 2.75) is 18.9 Å². The first-order valence-corrected chi connectivity index (χ1v) is 8.38. The Morgan fingerprint density at radius 3 is 2.42 bits per heavy atom. The summed E-state index contributed by atoms with van der Waals surface area (Å²) in [5.41, 5.74) is 3.50. The van der Waals surface area contributed by atoms with Gasteiger partial charge >= 0.3 is 0 Å². The summed E-state index contributed by atoms with van der Waals surface area (Å²) in [4.78, 5) is 14.9. The van der Waals surface area contributed by atoms with Crippen molar-refractivity contribution < 1.29 is 4.79 Å². The van der Waals surface area contributed by atoms with Gasteiger partial charge in [0.2, 0.25) is 5.91 Å². The van der Waals surface area contributed by atoms with Gasteiger partial charge in [-0.1, -0.05) is 48.5 Å². The van der Waals surface area contributed by atoms with Crippen LogP contribution < -0.4 is 4.90 Å². The monoisotopic (exact) mass is 316 g/mol. The molecule has 0 saturated heterocycles. The number of rotatable bonds is 4. The second kappa shape index (κ2) is 6.36. The number of benzene rings is 2. The molecular formula is C21H20N2O. The number of carbonyl (C=O) groups excluding carboxylic acids is 1. The van der Waals surface area contributed by atoms with Crippen molar-refractivity contribution in [1.29, 1.82) is 0 Å². The lowest BCUT2D eigenvalue weighted by atomic mass is 10.0. The number of carbonyl (C=O) groups is 1. The number of amides is 1. The molecule has 1 amide bonds. The van der Waals surface area contributed by atoms with Crippen LogP contribution in [0.15, 0.2) is 79.1 Å². The van der Waals surface area contributed by atoms with Gasteiger partial charge in [-0.3, -0.25) is 4.79 Å². The van der Waals surface area contributed by atoms with Gasteiger partial charge in [-0.05, 0) is 35.7 Å². The normalized spacial score (nSPS) is 14.4. The Labute approximate surface area is 142 Å². The van der Waals surface area contributed by atoms with Crippen molar-refractivity contribution in [3.8, 4) is 0 Å². The number of nitrogens with zero attached hydrogens (tertiary/aromatic N) is 2. The highest BCUT2D eigenvalue weighted by Crippen LogP contribution is 2.30. The molecule has 1 aromatic heterocycles. The summed E-state index contributed by atoms with van der Waals surface area (Å²) in [6, 6.07) is 22.5. The molecule has 3 nitrogen and oxygen atoms in total. The minimum atomic E-state index is 0.0291. The number of aromatic nitrogens is 1. The van der Waals surface area contributed by atoms with Crippen LogP contribution in [0.1, 0.15) is 23.6 Å². The van der Waals surface area contributed by atoms with Gasteiger partial charge in [0, 0.05) is 24.6 Å². The molecule has 1 atom stereocenters. The molecule has 120 valence electrons. The number of anilines is 1. The standard InChI is InChI=1S/C21H20N2O/c24-21(23-15-12-18-10-4-5-11-19(18)23)16-20(22-13-6-7-14-22)17-8-2-1-3-9-17/h1-11,13-14,20H,12,15-16H2. The zero-order valence-corrected chi connectivity index (χ0v) is 13.5. The van der Waals surface area contributed by atoms with Crippen LogP contribution in [0.3, 0.4) is 0 Å². The second-order valence-electron chi connectivity index (χ2n) is 6.18. The summed E-state index contributed by atoms with van der Waals surface area (Å²) in [6.45, 7) is 0.783. The lowest BCUT2D eigenvalue weighted by Gasteiger charge is -2.23. The molecule has 2 heterocycles. The van der Waals surface area contributed by atoms with E-state index in [1.165, 1.54) is 5.56 Å². The maximum absolute atomic E-state index is 13.0. The van der Waals surface area contributed by atoms with Gasteiger partial charge in [-0.2, -0.15) is 0 Å². The average molecular weight is 316 g/mol. The van der Waals surface area contributed by atoms with E-state index in [1.807, 2.05) is 65.8 Å². The largest absolute Gasteiger partial charge is 0.346 e. The Morgan fingerprint density at radius 1 is 0.917 bits per heavy atom. The van der Waals surface area contributed by atoms with Crippen LogP contribution in [-0.2, 0) is 11.2 Å². The summed E-state index contributed by atoms with van der Waals surface area (Å²) in [5.74, 6) is 0.183. The minimum Gasteiger partial charge on any atom is -0.346 e. The van der Waals surface area contributed by atoms with Crippen molar-refractivity contribution in [2.24, 2.45) is 0 Å². The maximum atomic E-state index is 13.0. The molecule has 0 aliphatic carbocycles. The van der Waals surface area contributed by atoms with Gasteiger partial charge in [-0.15, -0.1) is 0 Å². The molecule has 1 aliphatic heterocycles. The van der Waals surface area contributed by atoms with Crippen LogP contribution in [0.25, 0.3) is 0 Å². The predicted octanol–water partition coefficient (Wildman–Crippen LogP) is 4.06. The topological polar surface area (TPSA) is 25.2 Å². The highest BCUT2D eigenvalue weighted by atomic mass is 16.2. The molecule has 1 unspecified atom stereocenters. The summed E-state index contributed by atoms with van der Waals surface area (Å²) in [7, 11) is 0. The number of hydrogen-bond donors (Lipinski definition) is 0. The van der Waals surface area contributed by atoms with Crippen LogP contribution in [0.2, 0.25) is 0 Å². The SMILES string of the molecule is O=C(CC(c1ccccc1)n1cccc1)N1CCc2ccccc21. The Bertz CT molecular complexity index is 824. The lowest BCUT2D eigenvalue weighted by molar-refractivity contribution is -0.119. The summed E-state index contributed by atoms with van der Waals surface area (Å²) in [5, 5.41) is 0. The van der Waals surface area contributed by atoms with E-state index in [1.54, 1.807) is 0 Å². The first-order chi connectivity index (χ1) is 11.8. The van der Waals surface area contributed by atoms with Gasteiger partial charge in [-0.25, -0.2) is 0 Å². The van der Waals surface area contributed by atoms with Crippen LogP contribution in [0.5, 0.6) is 0 Å². The first-order valence-electron chi connectivity index (χ1n) is 8.38. The fourth-order valence-corrected chi connectivity index (χ4v) is 3.50. The number of para-hydroxylation sites is 1. The summed E-state index contributed by atoms with van der Waals surface area (Å²) >= 11 is 0. The molecule has 4 rings (SSSR count). The number of fused-ring (bicyclic) bond motifs is 1. The van der Waals surface area contributed by atoms with Gasteiger partial charge in [0.15, 0.2) is 0 Å². The van der Waals surface area contributed by atoms with E-state index >= 15 is 0 Å². The molecule has 0 fully saturated rings. The Morgan fingerprint density at radius 2 is 1.62 bits per heavy atom. The van der Waals surface area contributed by atoms with E-state index in [4.69, 9.17) is 0 Å². The minimum absolute atomic E-state index is 0.0291. The molecule has 3 heteroatoms. The van der Waals surface area contributed by atoms with Gasteiger partial charge < -0.3 is 9.47 Å². The highest BCUT2D eigenvalue weighted by molar-refractivity contribution is 5.95. The van der Waals surface area contributed by atoms with E-state index in [0.717, 1.165) is 24.2 Å². The molecule has 0 bridgehead atoms. The molecule has 0 radical (unpaired) electrons. The van der Waals surface area contributed by atoms with Crippen molar-refractivity contribution in [1.82, 2.24) is 4.57 Å². The molecular weight excluding hydrogens is 296 g/mol. The second-order valence-corrected chi connectivity index (χ2v) is 6.18. The Hall–Kier alpha value is -2.81. The molecule has 0 saturated carbocycles. The third kappa shape index (κ3) is 2.73. The van der Waals surface area contributed by atoms with Crippen LogP contribution in [0.4, 0.5) is 5.69 Å². The quantitative estimate of drug-likeness (QED) is 0.712. The zero-order valence-electron chi connectivity index (χ0n) is 13.5. The van der Waals surface area contributed by atoms with E-state index < -0.39 is 0 Å². The van der Waals surface area contributed by atoms with E-state index in [0.29, 0.717) is 6.42 Å². The van der Waals surface area contributed by atoms with Crippen LogP contribution in [0, 0.1) is 0 Å². The molecule has 1 aliphatic rings. The summed E-state index contributed by atoms with van der Waals surface area (Å²) < 4.78 is 2.12. The molecule has 0 N–H and O–H groups in total. The van der Waals surface area contributed by atoms with Gasteiger partial charge in [0.1, 0.15) is 0 Å². The third-order valence-corrected chi connectivity index (χ3v) is 4.73. The lowest BCUT2D eigenvalue weighted by Crippen LogP contribution is -2.31. The zero-order chi connectivity index (χ0) is 16.4. The average Bonchev–Trinajstić information content (AvgIpc) is 3.30. The smallest absolute Gasteiger partial charge is 0.229 e. The fourth-order valence-electron chi connectivity index (χ4n) is 3.50. The predicted molar refractivity (Wildman–Crippen MR) is 96.1 cm³/mol. The van der Waals surface area contributed by atoms with E-state index in [2.05, 4.69) is 22.8 Å². The molecule has 2 aromatic carbocycles. The highest BCUT2D eigenvalue weighted by Gasteiger charge is 2.27. The third-order valence-electron chi connectivity index (χ3n) is 4.73. The Kier molecular flexibility index (Phi) is 3.91. The molecule has 24 heavy (non-hydrogen) atoms. The number of hydrogen-bond acceptors (Lipinski definition) is 1.